The highest BCUT2D eigenvalue weighted by Gasteiger charge is 2.10. The quantitative estimate of drug-likeness (QED) is 0.792. The summed E-state index contributed by atoms with van der Waals surface area (Å²) in [5, 5.41) is 8.42. The van der Waals surface area contributed by atoms with Gasteiger partial charge in [0, 0.05) is 11.4 Å². The molecule has 2 rings (SSSR count). The third-order valence-corrected chi connectivity index (χ3v) is 3.11. The Labute approximate surface area is 112 Å². The predicted octanol–water partition coefficient (Wildman–Crippen LogP) is 2.74. The van der Waals surface area contributed by atoms with Crippen LogP contribution < -0.4 is 0 Å². The van der Waals surface area contributed by atoms with E-state index in [0.29, 0.717) is 10.2 Å². The molecule has 0 aliphatic carbocycles. The topological polar surface area (TPSA) is 64.5 Å². The van der Waals surface area contributed by atoms with Gasteiger partial charge in [-0.05, 0) is 43.3 Å². The molecule has 0 amide bonds. The van der Waals surface area contributed by atoms with E-state index in [1.165, 1.54) is 11.8 Å². The van der Waals surface area contributed by atoms with Crippen molar-refractivity contribution in [1.82, 2.24) is 25.1 Å². The Bertz CT molecular complexity index is 543. The van der Waals surface area contributed by atoms with Crippen molar-refractivity contribution in [2.75, 3.05) is 0 Å². The fourth-order valence-electron chi connectivity index (χ4n) is 1.17. The normalized spacial score (nSPS) is 10.6. The first kappa shape index (κ1) is 12.5. The molecule has 0 unspecified atom stereocenters. The highest BCUT2D eigenvalue weighted by atomic mass is 35.5. The van der Waals surface area contributed by atoms with Crippen LogP contribution in [0.5, 0.6) is 0 Å². The van der Waals surface area contributed by atoms with Crippen LogP contribution in [-0.2, 0) is 0 Å². The van der Waals surface area contributed by atoms with Gasteiger partial charge in [-0.3, -0.25) is 0 Å². The van der Waals surface area contributed by atoms with Crippen molar-refractivity contribution in [3.63, 3.8) is 0 Å². The number of hydrogen-bond donors (Lipinski definition) is 0. The first-order chi connectivity index (χ1) is 8.04. The molecule has 0 N–H and O–H groups in total. The number of aromatic nitrogens is 5. The molecule has 0 aromatic carbocycles. The van der Waals surface area contributed by atoms with Gasteiger partial charge < -0.3 is 0 Å². The van der Waals surface area contributed by atoms with Crippen molar-refractivity contribution in [3.8, 4) is 0 Å². The molecule has 0 radical (unpaired) electrons. The maximum absolute atomic E-state index is 5.85. The first-order valence-electron chi connectivity index (χ1n) is 4.60. The molecular weight excluding hydrogens is 281 g/mol. The molecule has 2 aromatic rings. The van der Waals surface area contributed by atoms with Crippen LogP contribution in [0.2, 0.25) is 10.4 Å². The smallest absolute Gasteiger partial charge is 0.228 e. The molecular formula is C9H7Cl2N5S. The molecule has 0 spiro atoms. The van der Waals surface area contributed by atoms with Crippen molar-refractivity contribution >= 4 is 35.0 Å². The molecule has 2 heterocycles. The highest BCUT2D eigenvalue weighted by molar-refractivity contribution is 7.99. The summed E-state index contributed by atoms with van der Waals surface area (Å²) in [6.07, 6.45) is 0. The second kappa shape index (κ2) is 5.12. The Morgan fingerprint density at radius 1 is 1.00 bits per heavy atom. The number of aryl methyl sites for hydroxylation is 2. The van der Waals surface area contributed by atoms with Gasteiger partial charge in [0.25, 0.3) is 0 Å². The second-order valence-corrected chi connectivity index (χ2v) is 4.86. The van der Waals surface area contributed by atoms with E-state index in [0.717, 1.165) is 11.4 Å². The lowest BCUT2D eigenvalue weighted by atomic mass is 10.4. The van der Waals surface area contributed by atoms with E-state index in [9.17, 15) is 0 Å². The number of halogens is 2. The molecule has 0 saturated heterocycles. The van der Waals surface area contributed by atoms with Crippen LogP contribution in [0, 0.1) is 13.8 Å². The van der Waals surface area contributed by atoms with Crippen molar-refractivity contribution < 1.29 is 0 Å². The second-order valence-electron chi connectivity index (χ2n) is 3.21. The minimum absolute atomic E-state index is 0.0428. The molecule has 8 heteroatoms. The molecule has 0 atom stereocenters. The molecule has 5 nitrogen and oxygen atoms in total. The van der Waals surface area contributed by atoms with Gasteiger partial charge in [0.05, 0.1) is 0 Å². The van der Waals surface area contributed by atoms with Crippen LogP contribution in [0.1, 0.15) is 11.4 Å². The van der Waals surface area contributed by atoms with Crippen molar-refractivity contribution in [3.05, 3.63) is 27.9 Å². The molecule has 0 saturated carbocycles. The van der Waals surface area contributed by atoms with Crippen molar-refractivity contribution in [2.24, 2.45) is 0 Å². The fraction of sp³-hybridized carbons (Fsp3) is 0.222. The van der Waals surface area contributed by atoms with Crippen LogP contribution in [0.3, 0.4) is 0 Å². The minimum Gasteiger partial charge on any atom is -0.228 e. The average molecular weight is 288 g/mol. The maximum Gasteiger partial charge on any atom is 0.244 e. The third kappa shape index (κ3) is 3.24. The predicted molar refractivity (Wildman–Crippen MR) is 65.5 cm³/mol. The Kier molecular flexibility index (Phi) is 3.76. The monoisotopic (exact) mass is 287 g/mol. The summed E-state index contributed by atoms with van der Waals surface area (Å²) in [6.45, 7) is 3.79. The van der Waals surface area contributed by atoms with E-state index >= 15 is 0 Å². The first-order valence-corrected chi connectivity index (χ1v) is 6.17. The molecule has 0 aliphatic rings. The van der Waals surface area contributed by atoms with Gasteiger partial charge >= 0.3 is 0 Å². The van der Waals surface area contributed by atoms with Crippen molar-refractivity contribution in [2.45, 2.75) is 24.0 Å². The van der Waals surface area contributed by atoms with Crippen LogP contribution in [-0.4, -0.2) is 25.1 Å². The van der Waals surface area contributed by atoms with Crippen LogP contribution in [0.4, 0.5) is 0 Å². The summed E-state index contributed by atoms with van der Waals surface area (Å²) in [7, 11) is 0. The molecule has 0 aliphatic heterocycles. The Balaban J connectivity index is 2.34. The van der Waals surface area contributed by atoms with Gasteiger partial charge in [0.2, 0.25) is 5.28 Å². The molecule has 0 fully saturated rings. The van der Waals surface area contributed by atoms with Crippen LogP contribution in [0.15, 0.2) is 16.2 Å². The summed E-state index contributed by atoms with van der Waals surface area (Å²) in [6, 6.07) is 1.89. The van der Waals surface area contributed by atoms with E-state index in [-0.39, 0.29) is 10.4 Å². The molecule has 17 heavy (non-hydrogen) atoms. The van der Waals surface area contributed by atoms with Gasteiger partial charge in [-0.1, -0.05) is 11.6 Å². The summed E-state index contributed by atoms with van der Waals surface area (Å²) < 4.78 is 0. The number of nitrogens with zero attached hydrogens (tertiary/aromatic N) is 5. The zero-order valence-corrected chi connectivity index (χ0v) is 11.3. The lowest BCUT2D eigenvalue weighted by molar-refractivity contribution is 0.879. The molecule has 0 bridgehead atoms. The largest absolute Gasteiger partial charge is 0.244 e. The van der Waals surface area contributed by atoms with E-state index in [1.807, 2.05) is 19.9 Å². The SMILES string of the molecule is Cc1cc(C)nc(Sc2nc(Cl)nnc2Cl)n1. The van der Waals surface area contributed by atoms with Crippen molar-refractivity contribution in [1.29, 1.82) is 0 Å². The van der Waals surface area contributed by atoms with Gasteiger partial charge in [-0.25, -0.2) is 15.0 Å². The van der Waals surface area contributed by atoms with Crippen LogP contribution in [0.25, 0.3) is 0 Å². The van der Waals surface area contributed by atoms with Gasteiger partial charge in [-0.2, -0.15) is 0 Å². The van der Waals surface area contributed by atoms with E-state index in [4.69, 9.17) is 23.2 Å². The fourth-order valence-corrected chi connectivity index (χ4v) is 2.35. The van der Waals surface area contributed by atoms with Gasteiger partial charge in [-0.15, -0.1) is 10.2 Å². The van der Waals surface area contributed by atoms with E-state index in [2.05, 4.69) is 25.1 Å². The van der Waals surface area contributed by atoms with Gasteiger partial charge in [0.1, 0.15) is 5.03 Å². The minimum atomic E-state index is 0.0428. The molecule has 88 valence electrons. The van der Waals surface area contributed by atoms with E-state index in [1.54, 1.807) is 0 Å². The number of hydrogen-bond acceptors (Lipinski definition) is 6. The Morgan fingerprint density at radius 2 is 1.65 bits per heavy atom. The summed E-state index contributed by atoms with van der Waals surface area (Å²) in [4.78, 5) is 12.5. The zero-order chi connectivity index (χ0) is 12.4. The van der Waals surface area contributed by atoms with E-state index < -0.39 is 0 Å². The lowest BCUT2D eigenvalue weighted by Crippen LogP contribution is -1.96. The van der Waals surface area contributed by atoms with Crippen LogP contribution >= 0.6 is 35.0 Å². The third-order valence-electron chi connectivity index (χ3n) is 1.74. The summed E-state index contributed by atoms with van der Waals surface area (Å²) in [5.41, 5.74) is 1.76. The summed E-state index contributed by atoms with van der Waals surface area (Å²) in [5.74, 6) is 0. The number of rotatable bonds is 2. The maximum atomic E-state index is 5.85. The average Bonchev–Trinajstić information content (AvgIpc) is 2.22. The zero-order valence-electron chi connectivity index (χ0n) is 8.98. The molecule has 2 aromatic heterocycles. The Hall–Kier alpha value is -0.980. The Morgan fingerprint density at radius 3 is 2.29 bits per heavy atom. The highest BCUT2D eigenvalue weighted by Crippen LogP contribution is 2.28. The lowest BCUT2D eigenvalue weighted by Gasteiger charge is -2.03. The van der Waals surface area contributed by atoms with Gasteiger partial charge in [0.15, 0.2) is 10.3 Å². The summed E-state index contributed by atoms with van der Waals surface area (Å²) >= 11 is 12.7. The standard InChI is InChI=1S/C9H7Cl2N5S/c1-4-3-5(2)13-9(12-4)17-7-6(10)15-16-8(11)14-7/h3H,1-2H3.